The van der Waals surface area contributed by atoms with Gasteiger partial charge in [0.25, 0.3) is 5.91 Å². The van der Waals surface area contributed by atoms with Crippen LogP contribution in [0.4, 0.5) is 0 Å². The minimum atomic E-state index is -0.226. The molecule has 0 aromatic heterocycles. The SMILES string of the molecule is CCCOc1cccc(CCNC(=NC)N2CCN(C(=O)C3CCCO3)CC2)c1. The number of nitrogens with one attached hydrogen (secondary N) is 1. The third kappa shape index (κ3) is 6.10. The van der Waals surface area contributed by atoms with E-state index in [1.807, 2.05) is 24.1 Å². The molecule has 0 aliphatic carbocycles. The van der Waals surface area contributed by atoms with Crippen molar-refractivity contribution in [1.29, 1.82) is 0 Å². The summed E-state index contributed by atoms with van der Waals surface area (Å²) in [4.78, 5) is 21.1. The highest BCUT2D eigenvalue weighted by molar-refractivity contribution is 5.82. The van der Waals surface area contributed by atoms with Crippen molar-refractivity contribution >= 4 is 11.9 Å². The minimum absolute atomic E-state index is 0.148. The van der Waals surface area contributed by atoms with Crippen molar-refractivity contribution in [2.24, 2.45) is 4.99 Å². The molecule has 0 radical (unpaired) electrons. The molecule has 7 nitrogen and oxygen atoms in total. The second-order valence-corrected chi connectivity index (χ2v) is 7.53. The number of hydrogen-bond donors (Lipinski definition) is 1. The smallest absolute Gasteiger partial charge is 0.251 e. The minimum Gasteiger partial charge on any atom is -0.494 e. The molecule has 2 saturated heterocycles. The number of guanidine groups is 1. The zero-order chi connectivity index (χ0) is 20.5. The van der Waals surface area contributed by atoms with Crippen molar-refractivity contribution < 1.29 is 14.3 Å². The Morgan fingerprint density at radius 2 is 2.07 bits per heavy atom. The van der Waals surface area contributed by atoms with Gasteiger partial charge in [0.05, 0.1) is 6.61 Å². The van der Waals surface area contributed by atoms with Gasteiger partial charge in [0.15, 0.2) is 5.96 Å². The van der Waals surface area contributed by atoms with Gasteiger partial charge in [-0.15, -0.1) is 0 Å². The Balaban J connectivity index is 1.42. The number of benzene rings is 1. The Morgan fingerprint density at radius 1 is 1.28 bits per heavy atom. The van der Waals surface area contributed by atoms with Crippen molar-refractivity contribution in [3.8, 4) is 5.75 Å². The molecule has 1 N–H and O–H groups in total. The molecular formula is C22H34N4O3. The average molecular weight is 403 g/mol. The van der Waals surface area contributed by atoms with Gasteiger partial charge in [-0.25, -0.2) is 0 Å². The number of aliphatic imine (C=N–C) groups is 1. The summed E-state index contributed by atoms with van der Waals surface area (Å²) in [5, 5.41) is 3.46. The highest BCUT2D eigenvalue weighted by Crippen LogP contribution is 2.16. The lowest BCUT2D eigenvalue weighted by atomic mass is 10.1. The van der Waals surface area contributed by atoms with Crippen molar-refractivity contribution in [1.82, 2.24) is 15.1 Å². The maximum atomic E-state index is 12.5. The topological polar surface area (TPSA) is 66.4 Å². The summed E-state index contributed by atoms with van der Waals surface area (Å²) in [5.41, 5.74) is 1.24. The molecule has 1 unspecified atom stereocenters. The van der Waals surface area contributed by atoms with E-state index in [1.165, 1.54) is 5.56 Å². The molecule has 29 heavy (non-hydrogen) atoms. The summed E-state index contributed by atoms with van der Waals surface area (Å²) >= 11 is 0. The molecule has 0 spiro atoms. The largest absolute Gasteiger partial charge is 0.494 e. The molecule has 2 aliphatic heterocycles. The molecule has 160 valence electrons. The second kappa shape index (κ2) is 11.0. The van der Waals surface area contributed by atoms with Crippen LogP contribution in [-0.4, -0.2) is 80.8 Å². The Hall–Kier alpha value is -2.28. The van der Waals surface area contributed by atoms with Crippen molar-refractivity contribution in [3.63, 3.8) is 0 Å². The number of hydrogen-bond acceptors (Lipinski definition) is 4. The first-order valence-corrected chi connectivity index (χ1v) is 10.8. The first-order valence-electron chi connectivity index (χ1n) is 10.8. The number of carbonyl (C=O) groups excluding carboxylic acids is 1. The van der Waals surface area contributed by atoms with Crippen LogP contribution in [-0.2, 0) is 16.0 Å². The summed E-state index contributed by atoms with van der Waals surface area (Å²) in [6, 6.07) is 8.27. The van der Waals surface area contributed by atoms with Crippen molar-refractivity contribution in [2.45, 2.75) is 38.7 Å². The van der Waals surface area contributed by atoms with E-state index < -0.39 is 0 Å². The number of nitrogens with zero attached hydrogens (tertiary/aromatic N) is 3. The van der Waals surface area contributed by atoms with Crippen molar-refractivity contribution in [2.75, 3.05) is 53.0 Å². The lowest BCUT2D eigenvalue weighted by Crippen LogP contribution is -2.55. The van der Waals surface area contributed by atoms with Crippen LogP contribution in [0.3, 0.4) is 0 Å². The molecule has 7 heteroatoms. The molecule has 3 rings (SSSR count). The molecule has 2 aliphatic rings. The highest BCUT2D eigenvalue weighted by Gasteiger charge is 2.30. The fourth-order valence-electron chi connectivity index (χ4n) is 3.78. The quantitative estimate of drug-likeness (QED) is 0.558. The third-order valence-corrected chi connectivity index (χ3v) is 5.38. The van der Waals surface area contributed by atoms with Crippen molar-refractivity contribution in [3.05, 3.63) is 29.8 Å². The Bertz CT molecular complexity index is 680. The van der Waals surface area contributed by atoms with Gasteiger partial charge >= 0.3 is 0 Å². The number of rotatable bonds is 7. The monoisotopic (exact) mass is 402 g/mol. The van der Waals surface area contributed by atoms with Gasteiger partial charge in [-0.05, 0) is 43.4 Å². The maximum Gasteiger partial charge on any atom is 0.251 e. The Morgan fingerprint density at radius 3 is 2.76 bits per heavy atom. The number of carbonyl (C=O) groups is 1. The first kappa shape index (κ1) is 21.4. The van der Waals surface area contributed by atoms with Gasteiger partial charge < -0.3 is 24.6 Å². The molecule has 2 fully saturated rings. The van der Waals surface area contributed by atoms with E-state index in [-0.39, 0.29) is 12.0 Å². The number of ether oxygens (including phenoxy) is 2. The van der Waals surface area contributed by atoms with Crippen LogP contribution < -0.4 is 10.1 Å². The fraction of sp³-hybridized carbons (Fsp3) is 0.636. The van der Waals surface area contributed by atoms with Gasteiger partial charge in [-0.1, -0.05) is 19.1 Å². The van der Waals surface area contributed by atoms with E-state index in [9.17, 15) is 4.79 Å². The molecule has 0 bridgehead atoms. The fourth-order valence-corrected chi connectivity index (χ4v) is 3.78. The van der Waals surface area contributed by atoms with Gasteiger partial charge in [0.1, 0.15) is 11.9 Å². The van der Waals surface area contributed by atoms with Crippen LogP contribution in [0.1, 0.15) is 31.7 Å². The molecule has 0 saturated carbocycles. The van der Waals surface area contributed by atoms with Crippen LogP contribution in [0.15, 0.2) is 29.3 Å². The van der Waals surface area contributed by atoms with Crippen LogP contribution in [0, 0.1) is 0 Å². The first-order chi connectivity index (χ1) is 14.2. The van der Waals surface area contributed by atoms with Gasteiger partial charge in [-0.2, -0.15) is 0 Å². The van der Waals surface area contributed by atoms with Gasteiger partial charge in [0, 0.05) is 46.4 Å². The Kier molecular flexibility index (Phi) is 8.16. The molecule has 1 amide bonds. The highest BCUT2D eigenvalue weighted by atomic mass is 16.5. The zero-order valence-corrected chi connectivity index (χ0v) is 17.7. The molecule has 1 aromatic rings. The summed E-state index contributed by atoms with van der Waals surface area (Å²) in [6.07, 6.45) is 3.53. The predicted octanol–water partition coefficient (Wildman–Crippen LogP) is 1.92. The number of piperazine rings is 1. The van der Waals surface area contributed by atoms with E-state index >= 15 is 0 Å². The predicted molar refractivity (Wildman–Crippen MR) is 114 cm³/mol. The average Bonchev–Trinajstić information content (AvgIpc) is 3.30. The van der Waals surface area contributed by atoms with Gasteiger partial charge in [-0.3, -0.25) is 9.79 Å². The van der Waals surface area contributed by atoms with Crippen LogP contribution in [0.2, 0.25) is 0 Å². The molecule has 1 aromatic carbocycles. The van der Waals surface area contributed by atoms with E-state index in [2.05, 4.69) is 34.3 Å². The van der Waals surface area contributed by atoms with E-state index in [0.29, 0.717) is 6.61 Å². The lowest BCUT2D eigenvalue weighted by Gasteiger charge is -2.37. The number of amides is 1. The zero-order valence-electron chi connectivity index (χ0n) is 17.7. The standard InChI is InChI=1S/C22H34N4O3/c1-3-15-28-19-7-4-6-18(17-19)9-10-24-22(23-2)26-13-11-25(12-14-26)21(27)20-8-5-16-29-20/h4,6-7,17,20H,3,5,8-16H2,1-2H3,(H,23,24). The maximum absolute atomic E-state index is 12.5. The van der Waals surface area contributed by atoms with E-state index in [4.69, 9.17) is 9.47 Å². The summed E-state index contributed by atoms with van der Waals surface area (Å²) in [5.74, 6) is 1.98. The summed E-state index contributed by atoms with van der Waals surface area (Å²) in [6.45, 7) is 7.39. The normalized spacial score (nSPS) is 20.1. The third-order valence-electron chi connectivity index (χ3n) is 5.38. The van der Waals surface area contributed by atoms with Gasteiger partial charge in [0.2, 0.25) is 0 Å². The van der Waals surface area contributed by atoms with Crippen LogP contribution in [0.25, 0.3) is 0 Å². The molecular weight excluding hydrogens is 368 g/mol. The Labute approximate surface area is 174 Å². The van der Waals surface area contributed by atoms with Crippen LogP contribution >= 0.6 is 0 Å². The molecule has 2 heterocycles. The summed E-state index contributed by atoms with van der Waals surface area (Å²) in [7, 11) is 1.81. The van der Waals surface area contributed by atoms with E-state index in [1.54, 1.807) is 0 Å². The molecule has 1 atom stereocenters. The lowest BCUT2D eigenvalue weighted by molar-refractivity contribution is -0.142. The van der Waals surface area contributed by atoms with E-state index in [0.717, 1.165) is 76.7 Å². The summed E-state index contributed by atoms with van der Waals surface area (Å²) < 4.78 is 11.3. The second-order valence-electron chi connectivity index (χ2n) is 7.53. The van der Waals surface area contributed by atoms with Crippen LogP contribution in [0.5, 0.6) is 5.75 Å².